The summed E-state index contributed by atoms with van der Waals surface area (Å²) in [4.78, 5) is -0.339. The SMILES string of the molecule is CC(C)CN(CCC#N)S(=O)(=O)c1ccccc1F. The molecular formula is C13H17FN2O2S. The predicted octanol–water partition coefficient (Wildman–Crippen LogP) is 2.39. The number of hydrogen-bond donors (Lipinski definition) is 0. The van der Waals surface area contributed by atoms with Crippen LogP contribution in [0.15, 0.2) is 29.2 Å². The van der Waals surface area contributed by atoms with E-state index in [1.807, 2.05) is 19.9 Å². The predicted molar refractivity (Wildman–Crippen MR) is 70.2 cm³/mol. The summed E-state index contributed by atoms with van der Waals surface area (Å²) in [5.74, 6) is -0.673. The molecule has 1 aromatic rings. The van der Waals surface area contributed by atoms with Crippen LogP contribution >= 0.6 is 0 Å². The molecule has 1 aromatic carbocycles. The average Bonchev–Trinajstić information content (AvgIpc) is 2.34. The Morgan fingerprint density at radius 2 is 2.00 bits per heavy atom. The molecule has 0 atom stereocenters. The quantitative estimate of drug-likeness (QED) is 0.805. The summed E-state index contributed by atoms with van der Waals surface area (Å²) in [6.45, 7) is 4.08. The van der Waals surface area contributed by atoms with Crippen molar-refractivity contribution in [1.82, 2.24) is 4.31 Å². The maximum atomic E-state index is 13.6. The van der Waals surface area contributed by atoms with Gasteiger partial charge in [-0.1, -0.05) is 26.0 Å². The third-order valence-corrected chi connectivity index (χ3v) is 4.39. The number of benzene rings is 1. The highest BCUT2D eigenvalue weighted by Crippen LogP contribution is 2.20. The van der Waals surface area contributed by atoms with Crippen LogP contribution in [0.1, 0.15) is 20.3 Å². The first-order valence-electron chi connectivity index (χ1n) is 6.01. The van der Waals surface area contributed by atoms with Crippen molar-refractivity contribution >= 4 is 10.0 Å². The fraction of sp³-hybridized carbons (Fsp3) is 0.462. The lowest BCUT2D eigenvalue weighted by molar-refractivity contribution is 0.370. The second-order valence-corrected chi connectivity index (χ2v) is 6.50. The van der Waals surface area contributed by atoms with Gasteiger partial charge in [0.2, 0.25) is 10.0 Å². The lowest BCUT2D eigenvalue weighted by Crippen LogP contribution is -2.35. The summed E-state index contributed by atoms with van der Waals surface area (Å²) in [6.07, 6.45) is 0.0837. The third kappa shape index (κ3) is 4.01. The number of hydrogen-bond acceptors (Lipinski definition) is 3. The van der Waals surface area contributed by atoms with Crippen LogP contribution < -0.4 is 0 Å². The van der Waals surface area contributed by atoms with Gasteiger partial charge in [-0.05, 0) is 18.1 Å². The lowest BCUT2D eigenvalue weighted by atomic mass is 10.2. The Morgan fingerprint density at radius 3 is 2.53 bits per heavy atom. The van der Waals surface area contributed by atoms with Gasteiger partial charge in [0.25, 0.3) is 0 Å². The van der Waals surface area contributed by atoms with E-state index in [4.69, 9.17) is 5.26 Å². The standard InChI is InChI=1S/C13H17FN2O2S/c1-11(2)10-16(9-5-8-15)19(17,18)13-7-4-3-6-12(13)14/h3-4,6-7,11H,5,9-10H2,1-2H3. The molecule has 0 aliphatic heterocycles. The van der Waals surface area contributed by atoms with Crippen molar-refractivity contribution in [2.45, 2.75) is 25.2 Å². The van der Waals surface area contributed by atoms with E-state index in [2.05, 4.69) is 0 Å². The first-order chi connectivity index (χ1) is 8.89. The molecule has 0 fully saturated rings. The van der Waals surface area contributed by atoms with E-state index in [9.17, 15) is 12.8 Å². The summed E-state index contributed by atoms with van der Waals surface area (Å²) < 4.78 is 39.5. The van der Waals surface area contributed by atoms with Crippen molar-refractivity contribution in [2.24, 2.45) is 5.92 Å². The Kier molecular flexibility index (Phi) is 5.45. The molecular weight excluding hydrogens is 267 g/mol. The smallest absolute Gasteiger partial charge is 0.207 e. The van der Waals surface area contributed by atoms with E-state index < -0.39 is 15.8 Å². The largest absolute Gasteiger partial charge is 0.246 e. The van der Waals surface area contributed by atoms with Crippen LogP contribution in [-0.2, 0) is 10.0 Å². The maximum absolute atomic E-state index is 13.6. The summed E-state index contributed by atoms with van der Waals surface area (Å²) in [5.41, 5.74) is 0. The summed E-state index contributed by atoms with van der Waals surface area (Å²) in [7, 11) is -3.89. The molecule has 0 aliphatic carbocycles. The van der Waals surface area contributed by atoms with Crippen LogP contribution in [-0.4, -0.2) is 25.8 Å². The monoisotopic (exact) mass is 284 g/mol. The highest BCUT2D eigenvalue weighted by molar-refractivity contribution is 7.89. The molecule has 0 N–H and O–H groups in total. The Bertz CT molecular complexity index is 564. The van der Waals surface area contributed by atoms with Gasteiger partial charge >= 0.3 is 0 Å². The summed E-state index contributed by atoms with van der Waals surface area (Å²) >= 11 is 0. The van der Waals surface area contributed by atoms with E-state index in [0.29, 0.717) is 0 Å². The average molecular weight is 284 g/mol. The third-order valence-electron chi connectivity index (χ3n) is 2.50. The van der Waals surface area contributed by atoms with Crippen LogP contribution in [0.3, 0.4) is 0 Å². The zero-order valence-corrected chi connectivity index (χ0v) is 11.8. The van der Waals surface area contributed by atoms with Gasteiger partial charge in [-0.25, -0.2) is 12.8 Å². The molecule has 0 unspecified atom stereocenters. The van der Waals surface area contributed by atoms with Gasteiger partial charge in [0.1, 0.15) is 10.7 Å². The minimum Gasteiger partial charge on any atom is -0.207 e. The van der Waals surface area contributed by atoms with Gasteiger partial charge in [-0.3, -0.25) is 0 Å². The molecule has 19 heavy (non-hydrogen) atoms. The van der Waals surface area contributed by atoms with Gasteiger partial charge in [-0.2, -0.15) is 9.57 Å². The normalized spacial score (nSPS) is 11.8. The van der Waals surface area contributed by atoms with Crippen LogP contribution in [0, 0.1) is 23.1 Å². The van der Waals surface area contributed by atoms with E-state index in [-0.39, 0.29) is 30.3 Å². The van der Waals surface area contributed by atoms with E-state index in [0.717, 1.165) is 6.07 Å². The zero-order chi connectivity index (χ0) is 14.5. The number of nitrogens with zero attached hydrogens (tertiary/aromatic N) is 2. The van der Waals surface area contributed by atoms with E-state index in [1.165, 1.54) is 22.5 Å². The molecule has 6 heteroatoms. The number of sulfonamides is 1. The Balaban J connectivity index is 3.12. The molecule has 0 aliphatic rings. The molecule has 0 aromatic heterocycles. The molecule has 0 radical (unpaired) electrons. The van der Waals surface area contributed by atoms with Gasteiger partial charge in [-0.15, -0.1) is 0 Å². The van der Waals surface area contributed by atoms with Crippen molar-refractivity contribution in [3.8, 4) is 6.07 Å². The van der Waals surface area contributed by atoms with Crippen molar-refractivity contribution < 1.29 is 12.8 Å². The van der Waals surface area contributed by atoms with Gasteiger partial charge in [0.05, 0.1) is 6.07 Å². The van der Waals surface area contributed by atoms with E-state index >= 15 is 0 Å². The summed E-state index contributed by atoms with van der Waals surface area (Å²) in [6, 6.07) is 7.19. The van der Waals surface area contributed by atoms with Crippen molar-refractivity contribution in [2.75, 3.05) is 13.1 Å². The highest BCUT2D eigenvalue weighted by Gasteiger charge is 2.27. The number of rotatable bonds is 6. The molecule has 0 saturated carbocycles. The second-order valence-electron chi connectivity index (χ2n) is 4.60. The van der Waals surface area contributed by atoms with Crippen LogP contribution in [0.2, 0.25) is 0 Å². The van der Waals surface area contributed by atoms with Crippen LogP contribution in [0.25, 0.3) is 0 Å². The van der Waals surface area contributed by atoms with Crippen molar-refractivity contribution in [1.29, 1.82) is 5.26 Å². The Labute approximate surface area is 113 Å². The molecule has 0 bridgehead atoms. The first-order valence-corrected chi connectivity index (χ1v) is 7.45. The second kappa shape index (κ2) is 6.64. The van der Waals surface area contributed by atoms with Gasteiger partial charge < -0.3 is 0 Å². The van der Waals surface area contributed by atoms with Crippen molar-refractivity contribution in [3.63, 3.8) is 0 Å². The molecule has 1 rings (SSSR count). The van der Waals surface area contributed by atoms with Gasteiger partial charge in [0, 0.05) is 19.5 Å². The highest BCUT2D eigenvalue weighted by atomic mass is 32.2. The van der Waals surface area contributed by atoms with Crippen molar-refractivity contribution in [3.05, 3.63) is 30.1 Å². The Morgan fingerprint density at radius 1 is 1.37 bits per heavy atom. The molecule has 0 saturated heterocycles. The van der Waals surface area contributed by atoms with E-state index in [1.54, 1.807) is 0 Å². The topological polar surface area (TPSA) is 61.2 Å². The fourth-order valence-electron chi connectivity index (χ4n) is 1.68. The Hall–Kier alpha value is -1.45. The molecule has 0 amide bonds. The zero-order valence-electron chi connectivity index (χ0n) is 11.0. The molecule has 0 spiro atoms. The minimum atomic E-state index is -3.89. The number of halogens is 1. The summed E-state index contributed by atoms with van der Waals surface area (Å²) in [5, 5.41) is 8.59. The molecule has 4 nitrogen and oxygen atoms in total. The fourth-order valence-corrected chi connectivity index (χ4v) is 3.35. The molecule has 0 heterocycles. The minimum absolute atomic E-state index is 0.0747. The van der Waals surface area contributed by atoms with Crippen LogP contribution in [0.5, 0.6) is 0 Å². The maximum Gasteiger partial charge on any atom is 0.246 e. The van der Waals surface area contributed by atoms with Crippen LogP contribution in [0.4, 0.5) is 4.39 Å². The first kappa shape index (κ1) is 15.6. The molecule has 104 valence electrons. The lowest BCUT2D eigenvalue weighted by Gasteiger charge is -2.23. The number of nitriles is 1. The van der Waals surface area contributed by atoms with Gasteiger partial charge in [0.15, 0.2) is 0 Å².